The van der Waals surface area contributed by atoms with Crippen LogP contribution in [0.4, 0.5) is 8.78 Å². The van der Waals surface area contributed by atoms with E-state index in [1.165, 1.54) is 23.2 Å². The van der Waals surface area contributed by atoms with Crippen LogP contribution in [-0.2, 0) is 0 Å². The number of aromatic nitrogens is 2. The predicted octanol–water partition coefficient (Wildman–Crippen LogP) is 0.577. The number of carbonyl (C=O) groups excluding carboxylic acids is 1. The highest BCUT2D eigenvalue weighted by Crippen LogP contribution is 2.17. The monoisotopic (exact) mass is 311 g/mol. The van der Waals surface area contributed by atoms with Gasteiger partial charge in [0, 0.05) is 19.3 Å². The highest BCUT2D eigenvalue weighted by atomic mass is 19.1. The lowest BCUT2D eigenvalue weighted by atomic mass is 10.3. The number of nitrogens with zero attached hydrogens (tertiary/aromatic N) is 3. The standard InChI is InChI=1S/C14H15F2N3O3/c15-10-2-1-3-11(16)13(10)19-5-4-12(17-19)14(22)18(6-8-20)7-9-21/h1-5,20-21H,6-9H2. The summed E-state index contributed by atoms with van der Waals surface area (Å²) >= 11 is 0. The summed E-state index contributed by atoms with van der Waals surface area (Å²) in [5.74, 6) is -2.15. The van der Waals surface area contributed by atoms with E-state index in [0.29, 0.717) is 0 Å². The quantitative estimate of drug-likeness (QED) is 0.818. The Balaban J connectivity index is 2.29. The van der Waals surface area contributed by atoms with Gasteiger partial charge in [-0.2, -0.15) is 5.10 Å². The Labute approximate surface area is 125 Å². The fourth-order valence-electron chi connectivity index (χ4n) is 1.99. The van der Waals surface area contributed by atoms with Crippen LogP contribution in [0.5, 0.6) is 0 Å². The van der Waals surface area contributed by atoms with E-state index < -0.39 is 17.5 Å². The fraction of sp³-hybridized carbons (Fsp3) is 0.286. The molecule has 0 saturated carbocycles. The zero-order chi connectivity index (χ0) is 16.1. The van der Waals surface area contributed by atoms with Crippen molar-refractivity contribution in [2.75, 3.05) is 26.3 Å². The molecule has 1 amide bonds. The van der Waals surface area contributed by atoms with E-state index in [9.17, 15) is 13.6 Å². The van der Waals surface area contributed by atoms with Crippen molar-refractivity contribution >= 4 is 5.91 Å². The van der Waals surface area contributed by atoms with E-state index in [2.05, 4.69) is 5.10 Å². The third-order valence-electron chi connectivity index (χ3n) is 3.00. The molecule has 0 fully saturated rings. The van der Waals surface area contributed by atoms with Gasteiger partial charge in [-0.05, 0) is 18.2 Å². The van der Waals surface area contributed by atoms with Crippen LogP contribution >= 0.6 is 0 Å². The minimum Gasteiger partial charge on any atom is -0.395 e. The van der Waals surface area contributed by atoms with Gasteiger partial charge in [0.05, 0.1) is 13.2 Å². The molecule has 1 aromatic heterocycles. The second-order valence-electron chi connectivity index (χ2n) is 4.46. The Morgan fingerprint density at radius 2 is 1.73 bits per heavy atom. The largest absolute Gasteiger partial charge is 0.395 e. The first kappa shape index (κ1) is 16.1. The van der Waals surface area contributed by atoms with Gasteiger partial charge in [-0.3, -0.25) is 4.79 Å². The van der Waals surface area contributed by atoms with Crippen molar-refractivity contribution in [1.29, 1.82) is 0 Å². The first-order chi connectivity index (χ1) is 10.6. The molecule has 1 aromatic carbocycles. The molecular weight excluding hydrogens is 296 g/mol. The molecule has 0 bridgehead atoms. The van der Waals surface area contributed by atoms with Crippen LogP contribution in [0.2, 0.25) is 0 Å². The summed E-state index contributed by atoms with van der Waals surface area (Å²) in [7, 11) is 0. The van der Waals surface area contributed by atoms with Crippen LogP contribution < -0.4 is 0 Å². The van der Waals surface area contributed by atoms with Gasteiger partial charge < -0.3 is 15.1 Å². The minimum atomic E-state index is -0.801. The number of amides is 1. The second-order valence-corrected chi connectivity index (χ2v) is 4.46. The molecule has 0 saturated heterocycles. The van der Waals surface area contributed by atoms with E-state index in [0.717, 1.165) is 16.8 Å². The average molecular weight is 311 g/mol. The number of hydrogen-bond donors (Lipinski definition) is 2. The Bertz CT molecular complexity index is 634. The van der Waals surface area contributed by atoms with Crippen molar-refractivity contribution in [2.24, 2.45) is 0 Å². The molecular formula is C14H15F2N3O3. The van der Waals surface area contributed by atoms with Crippen LogP contribution in [0.25, 0.3) is 5.69 Å². The smallest absolute Gasteiger partial charge is 0.274 e. The van der Waals surface area contributed by atoms with Crippen LogP contribution in [-0.4, -0.2) is 57.1 Å². The molecule has 0 aliphatic rings. The SMILES string of the molecule is O=C(c1ccn(-c2c(F)cccc2F)n1)N(CCO)CCO. The Morgan fingerprint density at radius 1 is 1.14 bits per heavy atom. The van der Waals surface area contributed by atoms with Crippen molar-refractivity contribution < 1.29 is 23.8 Å². The molecule has 0 radical (unpaired) electrons. The summed E-state index contributed by atoms with van der Waals surface area (Å²) in [6.45, 7) is -0.483. The van der Waals surface area contributed by atoms with Crippen molar-refractivity contribution in [1.82, 2.24) is 14.7 Å². The molecule has 2 N–H and O–H groups in total. The van der Waals surface area contributed by atoms with E-state index in [1.54, 1.807) is 0 Å². The molecule has 0 spiro atoms. The molecule has 118 valence electrons. The fourth-order valence-corrected chi connectivity index (χ4v) is 1.99. The van der Waals surface area contributed by atoms with Crippen molar-refractivity contribution in [3.8, 4) is 5.69 Å². The molecule has 8 heteroatoms. The highest BCUT2D eigenvalue weighted by molar-refractivity contribution is 5.92. The number of para-hydroxylation sites is 1. The second kappa shape index (κ2) is 7.10. The number of carbonyl (C=O) groups is 1. The van der Waals surface area contributed by atoms with Gasteiger partial charge in [-0.25, -0.2) is 13.5 Å². The van der Waals surface area contributed by atoms with E-state index in [1.807, 2.05) is 0 Å². The molecule has 0 unspecified atom stereocenters. The van der Waals surface area contributed by atoms with E-state index in [4.69, 9.17) is 10.2 Å². The summed E-state index contributed by atoms with van der Waals surface area (Å²) < 4.78 is 28.3. The molecule has 2 aromatic rings. The third kappa shape index (κ3) is 3.29. The maximum absolute atomic E-state index is 13.7. The first-order valence-corrected chi connectivity index (χ1v) is 6.59. The van der Waals surface area contributed by atoms with Gasteiger partial charge in [0.2, 0.25) is 0 Å². The molecule has 0 aliphatic heterocycles. The topological polar surface area (TPSA) is 78.6 Å². The number of benzene rings is 1. The number of aliphatic hydroxyl groups is 2. The van der Waals surface area contributed by atoms with Gasteiger partial charge >= 0.3 is 0 Å². The van der Waals surface area contributed by atoms with Crippen molar-refractivity contribution in [3.05, 3.63) is 47.8 Å². The van der Waals surface area contributed by atoms with E-state index in [-0.39, 0.29) is 37.7 Å². The first-order valence-electron chi connectivity index (χ1n) is 6.59. The number of aliphatic hydroxyl groups excluding tert-OH is 2. The zero-order valence-electron chi connectivity index (χ0n) is 11.6. The summed E-state index contributed by atoms with van der Waals surface area (Å²) in [5.41, 5.74) is -0.415. The van der Waals surface area contributed by atoms with Gasteiger partial charge in [0.15, 0.2) is 17.3 Å². The molecule has 6 nitrogen and oxygen atoms in total. The molecule has 0 atom stereocenters. The predicted molar refractivity (Wildman–Crippen MR) is 73.6 cm³/mol. The molecule has 0 aliphatic carbocycles. The highest BCUT2D eigenvalue weighted by Gasteiger charge is 2.19. The number of halogens is 2. The van der Waals surface area contributed by atoms with Gasteiger partial charge in [0.25, 0.3) is 5.91 Å². The van der Waals surface area contributed by atoms with Gasteiger partial charge in [-0.1, -0.05) is 6.07 Å². The Morgan fingerprint density at radius 3 is 2.27 bits per heavy atom. The van der Waals surface area contributed by atoms with E-state index >= 15 is 0 Å². The average Bonchev–Trinajstić information content (AvgIpc) is 2.95. The summed E-state index contributed by atoms with van der Waals surface area (Å²) in [4.78, 5) is 13.4. The van der Waals surface area contributed by atoms with Gasteiger partial charge in [0.1, 0.15) is 5.69 Å². The molecule has 2 rings (SSSR count). The number of hydrogen-bond acceptors (Lipinski definition) is 4. The third-order valence-corrected chi connectivity index (χ3v) is 3.00. The van der Waals surface area contributed by atoms with Crippen LogP contribution in [0.3, 0.4) is 0 Å². The summed E-state index contributed by atoms with van der Waals surface area (Å²) in [6.07, 6.45) is 1.27. The maximum atomic E-state index is 13.7. The Kier molecular flexibility index (Phi) is 5.18. The lowest BCUT2D eigenvalue weighted by molar-refractivity contribution is 0.0678. The van der Waals surface area contributed by atoms with Crippen LogP contribution in [0.1, 0.15) is 10.5 Å². The summed E-state index contributed by atoms with van der Waals surface area (Å²) in [6, 6.07) is 4.72. The zero-order valence-corrected chi connectivity index (χ0v) is 11.6. The number of rotatable bonds is 6. The summed E-state index contributed by atoms with van der Waals surface area (Å²) in [5, 5.41) is 21.7. The normalized spacial score (nSPS) is 10.7. The molecule has 1 heterocycles. The lowest BCUT2D eigenvalue weighted by Gasteiger charge is -2.19. The lowest BCUT2D eigenvalue weighted by Crippen LogP contribution is -2.36. The van der Waals surface area contributed by atoms with Crippen LogP contribution in [0, 0.1) is 11.6 Å². The van der Waals surface area contributed by atoms with Crippen molar-refractivity contribution in [2.45, 2.75) is 0 Å². The van der Waals surface area contributed by atoms with Gasteiger partial charge in [-0.15, -0.1) is 0 Å². The Hall–Kier alpha value is -2.32. The maximum Gasteiger partial charge on any atom is 0.274 e. The van der Waals surface area contributed by atoms with Crippen molar-refractivity contribution in [3.63, 3.8) is 0 Å². The minimum absolute atomic E-state index is 0.0281. The molecule has 22 heavy (non-hydrogen) atoms. The van der Waals surface area contributed by atoms with Crippen LogP contribution in [0.15, 0.2) is 30.5 Å².